The van der Waals surface area contributed by atoms with Crippen molar-refractivity contribution in [1.29, 1.82) is 0 Å². The SMILES string of the molecule is COc1c2occc2cc2ccc(=O)oc12.NP([O-])[O-]. The van der Waals surface area contributed by atoms with Gasteiger partial charge in [0, 0.05) is 16.8 Å². The minimum absolute atomic E-state index is 0.406. The number of hydrogen-bond acceptors (Lipinski definition) is 7. The maximum absolute atomic E-state index is 11.2. The van der Waals surface area contributed by atoms with E-state index in [0.717, 1.165) is 10.8 Å². The average Bonchev–Trinajstić information content (AvgIpc) is 2.83. The highest BCUT2D eigenvalue weighted by molar-refractivity contribution is 7.39. The smallest absolute Gasteiger partial charge is 0.336 e. The third kappa shape index (κ3) is 2.97. The van der Waals surface area contributed by atoms with Gasteiger partial charge in [-0.3, -0.25) is 0 Å². The third-order valence-electron chi connectivity index (χ3n) is 2.49. The zero-order valence-electron chi connectivity index (χ0n) is 10.4. The second-order valence-electron chi connectivity index (χ2n) is 3.71. The number of methoxy groups -OCH3 is 1. The lowest BCUT2D eigenvalue weighted by Crippen LogP contribution is -2.14. The first kappa shape index (κ1) is 14.5. The molecule has 3 aromatic rings. The quantitative estimate of drug-likeness (QED) is 0.510. The fraction of sp³-hybridized carbons (Fsp3) is 0.0833. The maximum atomic E-state index is 11.2. The van der Waals surface area contributed by atoms with Crippen LogP contribution in [0.3, 0.4) is 0 Å². The van der Waals surface area contributed by atoms with Crippen molar-refractivity contribution in [2.75, 3.05) is 7.11 Å². The Bertz CT molecular complexity index is 776. The molecule has 0 bridgehead atoms. The van der Waals surface area contributed by atoms with Gasteiger partial charge in [-0.25, -0.2) is 13.3 Å². The van der Waals surface area contributed by atoms with Crippen LogP contribution in [0.4, 0.5) is 0 Å². The van der Waals surface area contributed by atoms with Crippen LogP contribution in [0.15, 0.2) is 44.2 Å². The lowest BCUT2D eigenvalue weighted by molar-refractivity contribution is -0.292. The molecule has 8 heteroatoms. The van der Waals surface area contributed by atoms with E-state index in [2.05, 4.69) is 5.50 Å². The van der Waals surface area contributed by atoms with Crippen molar-refractivity contribution in [3.05, 3.63) is 40.9 Å². The number of ether oxygens (including phenoxy) is 1. The molecule has 2 N–H and O–H groups in total. The molecule has 1 aromatic carbocycles. The van der Waals surface area contributed by atoms with Gasteiger partial charge in [-0.2, -0.15) is 0 Å². The Balaban J connectivity index is 0.000000328. The van der Waals surface area contributed by atoms with Crippen molar-refractivity contribution in [3.63, 3.8) is 0 Å². The van der Waals surface area contributed by atoms with Crippen molar-refractivity contribution in [3.8, 4) is 5.75 Å². The largest absolute Gasteiger partial charge is 0.830 e. The molecule has 7 nitrogen and oxygen atoms in total. The summed E-state index contributed by atoms with van der Waals surface area (Å²) in [4.78, 5) is 28.8. The predicted molar refractivity (Wildman–Crippen MR) is 69.9 cm³/mol. The number of rotatable bonds is 1. The molecule has 0 amide bonds. The van der Waals surface area contributed by atoms with Gasteiger partial charge in [0.2, 0.25) is 5.75 Å². The van der Waals surface area contributed by atoms with E-state index in [-0.39, 0.29) is 0 Å². The van der Waals surface area contributed by atoms with Gasteiger partial charge in [0.05, 0.1) is 13.4 Å². The zero-order valence-corrected chi connectivity index (χ0v) is 11.3. The van der Waals surface area contributed by atoms with Gasteiger partial charge in [-0.1, -0.05) is 0 Å². The lowest BCUT2D eigenvalue weighted by atomic mass is 10.1. The summed E-state index contributed by atoms with van der Waals surface area (Å²) in [6.45, 7) is 0. The van der Waals surface area contributed by atoms with Crippen molar-refractivity contribution < 1.29 is 23.4 Å². The van der Waals surface area contributed by atoms with Gasteiger partial charge in [0.1, 0.15) is 0 Å². The summed E-state index contributed by atoms with van der Waals surface area (Å²) in [5.41, 5.74) is 4.66. The third-order valence-corrected chi connectivity index (χ3v) is 2.49. The van der Waals surface area contributed by atoms with E-state index in [9.17, 15) is 4.79 Å². The van der Waals surface area contributed by atoms with Gasteiger partial charge in [0.25, 0.3) is 0 Å². The van der Waals surface area contributed by atoms with Crippen LogP contribution >= 0.6 is 8.53 Å². The van der Waals surface area contributed by atoms with Crippen molar-refractivity contribution in [2.45, 2.75) is 0 Å². The molecule has 0 fully saturated rings. The van der Waals surface area contributed by atoms with Gasteiger partial charge >= 0.3 is 5.63 Å². The molecule has 0 radical (unpaired) electrons. The van der Waals surface area contributed by atoms with E-state index >= 15 is 0 Å². The van der Waals surface area contributed by atoms with Gasteiger partial charge < -0.3 is 28.9 Å². The Hall–Kier alpha value is -1.92. The van der Waals surface area contributed by atoms with E-state index in [4.69, 9.17) is 23.4 Å². The monoisotopic (exact) mass is 295 g/mol. The molecule has 0 aliphatic rings. The van der Waals surface area contributed by atoms with Crippen molar-refractivity contribution in [2.24, 2.45) is 5.50 Å². The highest BCUT2D eigenvalue weighted by atomic mass is 31.2. The predicted octanol–water partition coefficient (Wildman–Crippen LogP) is 0.440. The Morgan fingerprint density at radius 3 is 2.50 bits per heavy atom. The van der Waals surface area contributed by atoms with E-state index in [1.165, 1.54) is 13.2 Å². The Labute approximate surface area is 114 Å². The highest BCUT2D eigenvalue weighted by Crippen LogP contribution is 2.34. The van der Waals surface area contributed by atoms with Crippen LogP contribution in [-0.4, -0.2) is 7.11 Å². The van der Waals surface area contributed by atoms with Gasteiger partial charge in [0.15, 0.2) is 11.2 Å². The van der Waals surface area contributed by atoms with Gasteiger partial charge in [-0.15, -0.1) is 0 Å². The number of fused-ring (bicyclic) bond motifs is 2. The molecule has 3 rings (SSSR count). The first-order chi connectivity index (χ1) is 9.52. The Morgan fingerprint density at radius 1 is 1.20 bits per heavy atom. The van der Waals surface area contributed by atoms with Crippen LogP contribution in [0.1, 0.15) is 0 Å². The molecule has 0 atom stereocenters. The molecule has 0 unspecified atom stereocenters. The summed E-state index contributed by atoms with van der Waals surface area (Å²) >= 11 is 0. The number of nitrogens with two attached hydrogens (primary N) is 1. The lowest BCUT2D eigenvalue weighted by Gasteiger charge is -2.22. The Morgan fingerprint density at radius 2 is 1.85 bits per heavy atom. The summed E-state index contributed by atoms with van der Waals surface area (Å²) in [7, 11) is -1.10. The number of benzene rings is 1. The first-order valence-electron chi connectivity index (χ1n) is 5.40. The average molecular weight is 295 g/mol. The molecule has 0 spiro atoms. The normalized spacial score (nSPS) is 10.7. The van der Waals surface area contributed by atoms with Crippen molar-refractivity contribution >= 4 is 30.5 Å². The standard InChI is InChI=1S/C12H8O4.H2NO2P/c1-14-12-10-8(4-5-15-10)6-7-2-3-9(13)16-11(7)12;1-4(2)3/h2-6H,1H3;1H2/q;-2. The molecule has 0 saturated carbocycles. The maximum Gasteiger partial charge on any atom is 0.336 e. The molecule has 20 heavy (non-hydrogen) atoms. The van der Waals surface area contributed by atoms with Crippen LogP contribution in [0.5, 0.6) is 5.75 Å². The Kier molecular flexibility index (Phi) is 4.36. The highest BCUT2D eigenvalue weighted by Gasteiger charge is 2.12. The second-order valence-corrected chi connectivity index (χ2v) is 4.28. The van der Waals surface area contributed by atoms with Crippen LogP contribution < -0.4 is 25.7 Å². The molecule has 0 aliphatic heterocycles. The molecule has 106 valence electrons. The van der Waals surface area contributed by atoms with E-state index < -0.39 is 14.2 Å². The van der Waals surface area contributed by atoms with Crippen LogP contribution in [0, 0.1) is 0 Å². The number of furan rings is 1. The van der Waals surface area contributed by atoms with Crippen molar-refractivity contribution in [1.82, 2.24) is 0 Å². The number of hydrogen-bond donors (Lipinski definition) is 1. The summed E-state index contributed by atoms with van der Waals surface area (Å²) in [6, 6.07) is 6.81. The summed E-state index contributed by atoms with van der Waals surface area (Å²) in [5.74, 6) is 0.454. The summed E-state index contributed by atoms with van der Waals surface area (Å²) < 4.78 is 15.6. The second kappa shape index (κ2) is 6.02. The van der Waals surface area contributed by atoms with Crippen LogP contribution in [0.25, 0.3) is 21.9 Å². The fourth-order valence-corrected chi connectivity index (χ4v) is 1.79. The molecule has 0 aliphatic carbocycles. The van der Waals surface area contributed by atoms with E-state index in [0.29, 0.717) is 16.9 Å². The van der Waals surface area contributed by atoms with E-state index in [1.54, 1.807) is 12.3 Å². The summed E-state index contributed by atoms with van der Waals surface area (Å²) in [5, 5.41) is 1.73. The molecular weight excluding hydrogens is 285 g/mol. The van der Waals surface area contributed by atoms with E-state index in [1.807, 2.05) is 12.1 Å². The topological polar surface area (TPSA) is 125 Å². The minimum atomic E-state index is -2.62. The molecule has 2 heterocycles. The molecule has 0 saturated heterocycles. The fourth-order valence-electron chi connectivity index (χ4n) is 1.79. The van der Waals surface area contributed by atoms with Gasteiger partial charge in [-0.05, 0) is 18.2 Å². The summed E-state index contributed by atoms with van der Waals surface area (Å²) in [6.07, 6.45) is 1.57. The molecular formula is C12H10NO6P-2. The zero-order chi connectivity index (χ0) is 14.7. The minimum Gasteiger partial charge on any atom is -0.830 e. The van der Waals surface area contributed by atoms with Crippen LogP contribution in [0.2, 0.25) is 0 Å². The molecule has 2 aromatic heterocycles. The first-order valence-corrected chi connectivity index (χ1v) is 6.64. The van der Waals surface area contributed by atoms with Crippen LogP contribution in [-0.2, 0) is 0 Å².